The van der Waals surface area contributed by atoms with Crippen LogP contribution < -0.4 is 4.90 Å². The minimum atomic E-state index is 0.816. The first-order valence-corrected chi connectivity index (χ1v) is 6.08. The second kappa shape index (κ2) is 5.50. The van der Waals surface area contributed by atoms with E-state index in [0.717, 1.165) is 29.7 Å². The molecule has 0 atom stereocenters. The molecule has 18 heavy (non-hydrogen) atoms. The molecule has 2 aromatic rings. The third kappa shape index (κ3) is 2.59. The number of aromatic nitrogens is 1. The Morgan fingerprint density at radius 2 is 1.83 bits per heavy atom. The highest BCUT2D eigenvalue weighted by atomic mass is 15.1. The van der Waals surface area contributed by atoms with Crippen molar-refractivity contribution in [3.05, 3.63) is 61.3 Å². The van der Waals surface area contributed by atoms with Gasteiger partial charge in [0.1, 0.15) is 0 Å². The number of pyridine rings is 1. The van der Waals surface area contributed by atoms with Gasteiger partial charge in [-0.2, -0.15) is 0 Å². The second-order valence-electron chi connectivity index (χ2n) is 4.31. The molecule has 0 amide bonds. The van der Waals surface area contributed by atoms with Gasteiger partial charge in [-0.3, -0.25) is 4.98 Å². The molecule has 2 rings (SSSR count). The van der Waals surface area contributed by atoms with E-state index in [1.165, 1.54) is 5.69 Å². The fourth-order valence-electron chi connectivity index (χ4n) is 2.01. The Bertz CT molecular complexity index is 562. The van der Waals surface area contributed by atoms with Crippen molar-refractivity contribution in [1.82, 2.24) is 4.98 Å². The maximum absolute atomic E-state index is 4.51. The minimum Gasteiger partial charge on any atom is -0.364 e. The molecule has 0 saturated carbocycles. The molecule has 0 bridgehead atoms. The van der Waals surface area contributed by atoms with Gasteiger partial charge in [-0.25, -0.2) is 0 Å². The number of rotatable bonds is 5. The van der Waals surface area contributed by atoms with Gasteiger partial charge in [0.15, 0.2) is 0 Å². The van der Waals surface area contributed by atoms with Crippen LogP contribution in [-0.2, 0) is 0 Å². The second-order valence-corrected chi connectivity index (χ2v) is 4.31. The molecule has 1 aromatic heterocycles. The molecule has 1 heterocycles. The molecule has 2 nitrogen and oxygen atoms in total. The number of hydrogen-bond acceptors (Lipinski definition) is 2. The van der Waals surface area contributed by atoms with Gasteiger partial charge in [0.05, 0.1) is 5.52 Å². The van der Waals surface area contributed by atoms with Gasteiger partial charge < -0.3 is 4.90 Å². The third-order valence-electron chi connectivity index (χ3n) is 2.88. The lowest BCUT2D eigenvalue weighted by atomic mass is 10.1. The highest BCUT2D eigenvalue weighted by molar-refractivity contribution is 5.82. The standard InChI is InChI=1S/C16H18N2/c1-4-10-18(11-5-2)15-8-9-16-14(12-15)7-6-13(3)17-16/h4-9,12H,1-2,10-11H2,3H3. The molecule has 0 aliphatic rings. The first-order valence-electron chi connectivity index (χ1n) is 6.08. The zero-order chi connectivity index (χ0) is 13.0. The summed E-state index contributed by atoms with van der Waals surface area (Å²) in [6.45, 7) is 11.2. The molecular weight excluding hydrogens is 220 g/mol. The summed E-state index contributed by atoms with van der Waals surface area (Å²) in [6.07, 6.45) is 3.81. The number of benzene rings is 1. The molecule has 1 aromatic carbocycles. The average Bonchev–Trinajstić information content (AvgIpc) is 2.38. The third-order valence-corrected chi connectivity index (χ3v) is 2.88. The van der Waals surface area contributed by atoms with Crippen LogP contribution >= 0.6 is 0 Å². The van der Waals surface area contributed by atoms with Gasteiger partial charge in [-0.1, -0.05) is 18.2 Å². The van der Waals surface area contributed by atoms with E-state index in [9.17, 15) is 0 Å². The summed E-state index contributed by atoms with van der Waals surface area (Å²) in [7, 11) is 0. The normalized spacial score (nSPS) is 10.3. The van der Waals surface area contributed by atoms with E-state index in [2.05, 4.69) is 47.3 Å². The zero-order valence-electron chi connectivity index (χ0n) is 10.8. The lowest BCUT2D eigenvalue weighted by Crippen LogP contribution is -2.22. The topological polar surface area (TPSA) is 16.1 Å². The van der Waals surface area contributed by atoms with E-state index >= 15 is 0 Å². The Labute approximate surface area is 108 Å². The maximum Gasteiger partial charge on any atom is 0.0706 e. The van der Waals surface area contributed by atoms with Crippen LogP contribution in [0, 0.1) is 6.92 Å². The summed E-state index contributed by atoms with van der Waals surface area (Å²) >= 11 is 0. The largest absolute Gasteiger partial charge is 0.364 e. The molecule has 0 spiro atoms. The predicted octanol–water partition coefficient (Wildman–Crippen LogP) is 3.72. The minimum absolute atomic E-state index is 0.816. The first kappa shape index (κ1) is 12.4. The van der Waals surface area contributed by atoms with Crippen LogP contribution in [0.3, 0.4) is 0 Å². The Morgan fingerprint density at radius 3 is 2.50 bits per heavy atom. The summed E-state index contributed by atoms with van der Waals surface area (Å²) < 4.78 is 0. The van der Waals surface area contributed by atoms with Crippen molar-refractivity contribution in [1.29, 1.82) is 0 Å². The van der Waals surface area contributed by atoms with Gasteiger partial charge in [0, 0.05) is 29.9 Å². The van der Waals surface area contributed by atoms with Crippen LogP contribution in [-0.4, -0.2) is 18.1 Å². The van der Waals surface area contributed by atoms with Gasteiger partial charge >= 0.3 is 0 Å². The molecular formula is C16H18N2. The first-order chi connectivity index (χ1) is 8.74. The van der Waals surface area contributed by atoms with Gasteiger partial charge in [0.2, 0.25) is 0 Å². The molecule has 0 fully saturated rings. The number of hydrogen-bond donors (Lipinski definition) is 0. The van der Waals surface area contributed by atoms with Crippen molar-refractivity contribution in [3.63, 3.8) is 0 Å². The van der Waals surface area contributed by atoms with Crippen LogP contribution in [0.2, 0.25) is 0 Å². The zero-order valence-corrected chi connectivity index (χ0v) is 10.8. The van der Waals surface area contributed by atoms with Gasteiger partial charge in [-0.15, -0.1) is 13.2 Å². The Morgan fingerprint density at radius 1 is 1.11 bits per heavy atom. The van der Waals surface area contributed by atoms with Crippen molar-refractivity contribution in [3.8, 4) is 0 Å². The van der Waals surface area contributed by atoms with E-state index in [-0.39, 0.29) is 0 Å². The summed E-state index contributed by atoms with van der Waals surface area (Å²) in [5, 5.41) is 1.16. The lowest BCUT2D eigenvalue weighted by Gasteiger charge is -2.21. The Hall–Kier alpha value is -2.09. The van der Waals surface area contributed by atoms with E-state index in [1.54, 1.807) is 0 Å². The molecule has 0 saturated heterocycles. The van der Waals surface area contributed by atoms with Crippen molar-refractivity contribution < 1.29 is 0 Å². The van der Waals surface area contributed by atoms with Crippen molar-refractivity contribution in [2.45, 2.75) is 6.92 Å². The van der Waals surface area contributed by atoms with Crippen LogP contribution in [0.5, 0.6) is 0 Å². The number of fused-ring (bicyclic) bond motifs is 1. The maximum atomic E-state index is 4.51. The molecule has 0 aliphatic carbocycles. The lowest BCUT2D eigenvalue weighted by molar-refractivity contribution is 0.958. The fraction of sp³-hybridized carbons (Fsp3) is 0.188. The summed E-state index contributed by atoms with van der Waals surface area (Å²) in [5.74, 6) is 0. The highest BCUT2D eigenvalue weighted by Crippen LogP contribution is 2.21. The quantitative estimate of drug-likeness (QED) is 0.738. The van der Waals surface area contributed by atoms with Crippen LogP contribution in [0.1, 0.15) is 5.69 Å². The van der Waals surface area contributed by atoms with Crippen molar-refractivity contribution in [2.24, 2.45) is 0 Å². The average molecular weight is 238 g/mol. The smallest absolute Gasteiger partial charge is 0.0706 e. The summed E-state index contributed by atoms with van der Waals surface area (Å²) in [6, 6.07) is 10.5. The van der Waals surface area contributed by atoms with E-state index in [4.69, 9.17) is 0 Å². The number of aryl methyl sites for hydroxylation is 1. The molecule has 92 valence electrons. The Balaban J connectivity index is 2.41. The van der Waals surface area contributed by atoms with E-state index in [0.29, 0.717) is 0 Å². The molecule has 0 aliphatic heterocycles. The summed E-state index contributed by atoms with van der Waals surface area (Å²) in [5.41, 5.74) is 3.26. The number of nitrogens with zero attached hydrogens (tertiary/aromatic N) is 2. The highest BCUT2D eigenvalue weighted by Gasteiger charge is 2.04. The molecule has 0 radical (unpaired) electrons. The number of anilines is 1. The van der Waals surface area contributed by atoms with Gasteiger partial charge in [-0.05, 0) is 31.2 Å². The predicted molar refractivity (Wildman–Crippen MR) is 79.1 cm³/mol. The Kier molecular flexibility index (Phi) is 3.78. The van der Waals surface area contributed by atoms with Crippen molar-refractivity contribution >= 4 is 16.6 Å². The van der Waals surface area contributed by atoms with E-state index < -0.39 is 0 Å². The SMILES string of the molecule is C=CCN(CC=C)c1ccc2nc(C)ccc2c1. The monoisotopic (exact) mass is 238 g/mol. The van der Waals surface area contributed by atoms with Crippen LogP contribution in [0.25, 0.3) is 10.9 Å². The summed E-state index contributed by atoms with van der Waals surface area (Å²) in [4.78, 5) is 6.73. The molecule has 0 N–H and O–H groups in total. The molecule has 0 unspecified atom stereocenters. The molecule has 2 heteroatoms. The fourth-order valence-corrected chi connectivity index (χ4v) is 2.01. The van der Waals surface area contributed by atoms with Gasteiger partial charge in [0.25, 0.3) is 0 Å². The van der Waals surface area contributed by atoms with Crippen LogP contribution in [0.4, 0.5) is 5.69 Å². The van der Waals surface area contributed by atoms with E-state index in [1.807, 2.05) is 25.1 Å². The van der Waals surface area contributed by atoms with Crippen LogP contribution in [0.15, 0.2) is 55.6 Å². The van der Waals surface area contributed by atoms with Crippen molar-refractivity contribution in [2.75, 3.05) is 18.0 Å².